The fourth-order valence-corrected chi connectivity index (χ4v) is 1.94. The zero-order valence-corrected chi connectivity index (χ0v) is 11.8. The number of likely N-dealkylation sites (N-methyl/N-ethyl adjacent to an activating group) is 1. The number of methoxy groups -OCH3 is 1. The molecular formula is C14H23FN2O. The van der Waals surface area contributed by atoms with Crippen molar-refractivity contribution in [2.75, 3.05) is 25.7 Å². The lowest BCUT2D eigenvalue weighted by molar-refractivity contribution is 0.183. The summed E-state index contributed by atoms with van der Waals surface area (Å²) in [6.07, 6.45) is 0. The van der Waals surface area contributed by atoms with Crippen LogP contribution in [0.1, 0.15) is 31.0 Å². The Labute approximate surface area is 109 Å². The predicted octanol–water partition coefficient (Wildman–Crippen LogP) is 2.62. The second kappa shape index (κ2) is 6.16. The lowest BCUT2D eigenvalue weighted by atomic mass is 10.0. The number of hydrogen-bond donors (Lipinski definition) is 1. The monoisotopic (exact) mass is 254 g/mol. The van der Waals surface area contributed by atoms with Gasteiger partial charge in [-0.25, -0.2) is 4.39 Å². The highest BCUT2D eigenvalue weighted by Gasteiger charge is 2.17. The van der Waals surface area contributed by atoms with Crippen LogP contribution in [-0.4, -0.2) is 26.8 Å². The summed E-state index contributed by atoms with van der Waals surface area (Å²) in [7, 11) is 3.65. The molecule has 1 unspecified atom stereocenters. The topological polar surface area (TPSA) is 38.5 Å². The smallest absolute Gasteiger partial charge is 0.126 e. The normalized spacial score (nSPS) is 14.4. The molecule has 0 heterocycles. The van der Waals surface area contributed by atoms with E-state index in [1.54, 1.807) is 14.0 Å². The molecule has 1 aromatic carbocycles. The molecule has 4 heteroatoms. The van der Waals surface area contributed by atoms with Crippen molar-refractivity contribution in [3.63, 3.8) is 0 Å². The largest absolute Gasteiger partial charge is 0.383 e. The maximum absolute atomic E-state index is 13.6. The molecule has 0 saturated carbocycles. The third-order valence-corrected chi connectivity index (χ3v) is 3.25. The molecule has 0 aliphatic heterocycles. The number of aryl methyl sites for hydroxylation is 1. The Hall–Kier alpha value is -1.13. The van der Waals surface area contributed by atoms with Gasteiger partial charge in [-0.05, 0) is 44.0 Å². The molecule has 1 aromatic rings. The van der Waals surface area contributed by atoms with Gasteiger partial charge >= 0.3 is 0 Å². The number of nitrogens with zero attached hydrogens (tertiary/aromatic N) is 1. The highest BCUT2D eigenvalue weighted by atomic mass is 19.1. The molecule has 0 fully saturated rings. The van der Waals surface area contributed by atoms with Crippen LogP contribution in [0.25, 0.3) is 0 Å². The van der Waals surface area contributed by atoms with Gasteiger partial charge in [-0.15, -0.1) is 0 Å². The molecule has 2 N–H and O–H groups in total. The van der Waals surface area contributed by atoms with Crippen LogP contribution in [0.4, 0.5) is 10.1 Å². The minimum absolute atomic E-state index is 0.202. The molecular weight excluding hydrogens is 231 g/mol. The minimum atomic E-state index is -0.209. The van der Waals surface area contributed by atoms with E-state index in [-0.39, 0.29) is 17.9 Å². The van der Waals surface area contributed by atoms with Gasteiger partial charge in [0.05, 0.1) is 6.61 Å². The Morgan fingerprint density at radius 3 is 2.50 bits per heavy atom. The van der Waals surface area contributed by atoms with E-state index in [0.29, 0.717) is 12.2 Å². The summed E-state index contributed by atoms with van der Waals surface area (Å²) in [5.74, 6) is -0.209. The zero-order chi connectivity index (χ0) is 13.9. The summed E-state index contributed by atoms with van der Waals surface area (Å²) < 4.78 is 18.8. The molecule has 0 aliphatic carbocycles. The molecule has 1 rings (SSSR count). The van der Waals surface area contributed by atoms with E-state index in [4.69, 9.17) is 10.5 Å². The van der Waals surface area contributed by atoms with Crippen molar-refractivity contribution >= 4 is 5.69 Å². The number of rotatable bonds is 5. The summed E-state index contributed by atoms with van der Waals surface area (Å²) in [6.45, 7) is 6.31. The summed E-state index contributed by atoms with van der Waals surface area (Å²) >= 11 is 0. The fraction of sp³-hybridized carbons (Fsp3) is 0.571. The maximum Gasteiger partial charge on any atom is 0.126 e. The molecule has 0 aromatic heterocycles. The zero-order valence-electron chi connectivity index (χ0n) is 11.8. The lowest BCUT2D eigenvalue weighted by Gasteiger charge is -2.30. The molecule has 0 saturated heterocycles. The number of ether oxygens (including phenoxy) is 1. The number of nitrogens with two attached hydrogens (primary N) is 1. The maximum atomic E-state index is 13.6. The van der Waals surface area contributed by atoms with Crippen LogP contribution in [0, 0.1) is 12.7 Å². The van der Waals surface area contributed by atoms with Crippen LogP contribution >= 0.6 is 0 Å². The molecule has 3 nitrogen and oxygen atoms in total. The van der Waals surface area contributed by atoms with E-state index in [1.165, 1.54) is 6.07 Å². The second-order valence-corrected chi connectivity index (χ2v) is 4.86. The Morgan fingerprint density at radius 2 is 2.00 bits per heavy atom. The van der Waals surface area contributed by atoms with E-state index < -0.39 is 0 Å². The first kappa shape index (κ1) is 14.9. The van der Waals surface area contributed by atoms with Crippen molar-refractivity contribution in [1.82, 2.24) is 0 Å². The van der Waals surface area contributed by atoms with Crippen LogP contribution in [-0.2, 0) is 4.74 Å². The van der Waals surface area contributed by atoms with Crippen molar-refractivity contribution < 1.29 is 9.13 Å². The predicted molar refractivity (Wildman–Crippen MR) is 73.5 cm³/mol. The summed E-state index contributed by atoms with van der Waals surface area (Å²) in [4.78, 5) is 2.08. The number of halogens is 1. The van der Waals surface area contributed by atoms with E-state index in [0.717, 1.165) is 11.3 Å². The van der Waals surface area contributed by atoms with Crippen molar-refractivity contribution in [3.05, 3.63) is 29.1 Å². The van der Waals surface area contributed by atoms with Gasteiger partial charge in [-0.3, -0.25) is 0 Å². The van der Waals surface area contributed by atoms with Crippen LogP contribution in [0.15, 0.2) is 12.1 Å². The van der Waals surface area contributed by atoms with Crippen molar-refractivity contribution in [2.45, 2.75) is 32.9 Å². The van der Waals surface area contributed by atoms with E-state index in [1.807, 2.05) is 20.0 Å². The quantitative estimate of drug-likeness (QED) is 0.878. The van der Waals surface area contributed by atoms with Gasteiger partial charge in [0.25, 0.3) is 0 Å². The van der Waals surface area contributed by atoms with Crippen LogP contribution in [0.3, 0.4) is 0 Å². The van der Waals surface area contributed by atoms with Crippen LogP contribution in [0.5, 0.6) is 0 Å². The molecule has 102 valence electrons. The number of benzene rings is 1. The summed E-state index contributed by atoms with van der Waals surface area (Å²) in [5.41, 5.74) is 8.34. The summed E-state index contributed by atoms with van der Waals surface area (Å²) in [5, 5.41) is 0. The lowest BCUT2D eigenvalue weighted by Crippen LogP contribution is -2.34. The SMILES string of the molecule is COCC(C)N(C)c1cc(C)c(F)cc1[C@H](C)N. The molecule has 0 radical (unpaired) electrons. The van der Waals surface area contributed by atoms with Gasteiger partial charge in [-0.1, -0.05) is 0 Å². The van der Waals surface area contributed by atoms with Crippen molar-refractivity contribution in [3.8, 4) is 0 Å². The first-order valence-corrected chi connectivity index (χ1v) is 6.15. The number of anilines is 1. The molecule has 0 amide bonds. The first-order chi connectivity index (χ1) is 8.38. The average Bonchev–Trinajstić information content (AvgIpc) is 2.31. The standard InChI is InChI=1S/C14H23FN2O/c1-9-6-14(17(4)10(2)8-18-5)12(11(3)16)7-13(9)15/h6-7,10-11H,8,16H2,1-5H3/t10?,11-/m0/s1. The molecule has 0 spiro atoms. The van der Waals surface area contributed by atoms with Crippen LogP contribution in [0.2, 0.25) is 0 Å². The van der Waals surface area contributed by atoms with Gasteiger partial charge in [-0.2, -0.15) is 0 Å². The minimum Gasteiger partial charge on any atom is -0.383 e. The number of hydrogen-bond acceptors (Lipinski definition) is 3. The highest BCUT2D eigenvalue weighted by molar-refractivity contribution is 5.57. The average molecular weight is 254 g/mol. The van der Waals surface area contributed by atoms with Gasteiger partial charge in [0.1, 0.15) is 5.82 Å². The van der Waals surface area contributed by atoms with Gasteiger partial charge in [0.15, 0.2) is 0 Å². The van der Waals surface area contributed by atoms with Crippen molar-refractivity contribution in [1.29, 1.82) is 0 Å². The highest BCUT2D eigenvalue weighted by Crippen LogP contribution is 2.28. The Kier molecular flexibility index (Phi) is 5.11. The van der Waals surface area contributed by atoms with E-state index in [2.05, 4.69) is 11.8 Å². The molecule has 18 heavy (non-hydrogen) atoms. The van der Waals surface area contributed by atoms with E-state index in [9.17, 15) is 4.39 Å². The van der Waals surface area contributed by atoms with Gasteiger partial charge < -0.3 is 15.4 Å². The fourth-order valence-electron chi connectivity index (χ4n) is 1.94. The second-order valence-electron chi connectivity index (χ2n) is 4.86. The third-order valence-electron chi connectivity index (χ3n) is 3.25. The molecule has 0 aliphatic rings. The van der Waals surface area contributed by atoms with Crippen LogP contribution < -0.4 is 10.6 Å². The van der Waals surface area contributed by atoms with Crippen molar-refractivity contribution in [2.24, 2.45) is 5.73 Å². The third kappa shape index (κ3) is 3.21. The Morgan fingerprint density at radius 1 is 1.39 bits per heavy atom. The van der Waals surface area contributed by atoms with E-state index >= 15 is 0 Å². The summed E-state index contributed by atoms with van der Waals surface area (Å²) in [6, 6.07) is 3.38. The Balaban J connectivity index is 3.17. The van der Waals surface area contributed by atoms with Gasteiger partial charge in [0.2, 0.25) is 0 Å². The van der Waals surface area contributed by atoms with Gasteiger partial charge in [0, 0.05) is 31.9 Å². The first-order valence-electron chi connectivity index (χ1n) is 6.15. The molecule has 2 atom stereocenters. The Bertz CT molecular complexity index is 407. The molecule has 0 bridgehead atoms.